The zero-order valence-electron chi connectivity index (χ0n) is 15.2. The van der Waals surface area contributed by atoms with E-state index in [2.05, 4.69) is 77.1 Å². The molecule has 5 heterocycles. The summed E-state index contributed by atoms with van der Waals surface area (Å²) in [6, 6.07) is 12.8. The minimum absolute atomic E-state index is 0.245. The molecule has 4 aliphatic heterocycles. The molecular weight excluding hydrogens is 344 g/mol. The maximum absolute atomic E-state index is 4.94. The summed E-state index contributed by atoms with van der Waals surface area (Å²) >= 11 is 0. The predicted molar refractivity (Wildman–Crippen MR) is 114 cm³/mol. The van der Waals surface area contributed by atoms with Gasteiger partial charge in [-0.05, 0) is 55.0 Å². The van der Waals surface area contributed by atoms with Gasteiger partial charge in [-0.15, -0.1) is 0 Å². The molecule has 0 saturated heterocycles. The van der Waals surface area contributed by atoms with E-state index in [1.165, 1.54) is 5.56 Å². The van der Waals surface area contributed by atoms with E-state index in [-0.39, 0.29) is 6.04 Å². The number of aromatic amines is 1. The van der Waals surface area contributed by atoms with E-state index in [1.807, 2.05) is 12.2 Å². The Hall–Kier alpha value is -3.66. The van der Waals surface area contributed by atoms with Crippen molar-refractivity contribution >= 4 is 29.3 Å². The van der Waals surface area contributed by atoms with E-state index in [9.17, 15) is 0 Å². The maximum atomic E-state index is 4.94. The summed E-state index contributed by atoms with van der Waals surface area (Å²) in [7, 11) is 0. The fourth-order valence-corrected chi connectivity index (χ4v) is 4.02. The first-order chi connectivity index (χ1) is 13.8. The van der Waals surface area contributed by atoms with Crippen molar-refractivity contribution in [3.05, 3.63) is 100.0 Å². The summed E-state index contributed by atoms with van der Waals surface area (Å²) in [6.07, 6.45) is 15.8. The molecule has 134 valence electrons. The van der Waals surface area contributed by atoms with Crippen LogP contribution in [0.5, 0.6) is 0 Å². The molecule has 28 heavy (non-hydrogen) atoms. The third kappa shape index (κ3) is 2.62. The standard InChI is InChI=1S/C24H18N4/c1-2-4-22-21(3-1)23-13-19-9-7-17(26-19)11-15-5-6-16(25-15)12-18-8-10-20(27-18)14-24(22)28-23/h1-9,11-14,20,25,27H,10H2. The Morgan fingerprint density at radius 1 is 0.857 bits per heavy atom. The molecule has 1 atom stereocenters. The second-order valence-electron chi connectivity index (χ2n) is 7.34. The lowest BCUT2D eigenvalue weighted by molar-refractivity contribution is 0.748. The van der Waals surface area contributed by atoms with Gasteiger partial charge in [0, 0.05) is 27.5 Å². The number of allylic oxidation sites excluding steroid dienone is 4. The van der Waals surface area contributed by atoms with Crippen molar-refractivity contribution in [1.82, 2.24) is 10.3 Å². The van der Waals surface area contributed by atoms with Gasteiger partial charge < -0.3 is 10.3 Å². The van der Waals surface area contributed by atoms with E-state index >= 15 is 0 Å². The van der Waals surface area contributed by atoms with Crippen molar-refractivity contribution in [3.8, 4) is 0 Å². The quantitative estimate of drug-likeness (QED) is 0.744. The molecular formula is C24H18N4. The first kappa shape index (κ1) is 15.4. The molecule has 0 spiro atoms. The molecule has 1 unspecified atom stereocenters. The lowest BCUT2D eigenvalue weighted by atomic mass is 10.0. The van der Waals surface area contributed by atoms with Crippen LogP contribution in [0, 0.1) is 0 Å². The summed E-state index contributed by atoms with van der Waals surface area (Å²) in [6.45, 7) is 0. The average Bonchev–Trinajstić information content (AvgIpc) is 3.47. The van der Waals surface area contributed by atoms with Gasteiger partial charge in [-0.2, -0.15) is 0 Å². The number of H-pyrrole nitrogens is 1. The van der Waals surface area contributed by atoms with Crippen LogP contribution in [0.25, 0.3) is 17.8 Å². The molecule has 0 aliphatic carbocycles. The first-order valence-electron chi connectivity index (χ1n) is 9.54. The highest BCUT2D eigenvalue weighted by atomic mass is 14.9. The Bertz CT molecular complexity index is 1310. The minimum atomic E-state index is 0.245. The Morgan fingerprint density at radius 3 is 2.64 bits per heavy atom. The molecule has 8 bridgehead atoms. The van der Waals surface area contributed by atoms with Crippen LogP contribution in [-0.2, 0) is 0 Å². The number of benzene rings is 1. The molecule has 0 saturated carbocycles. The van der Waals surface area contributed by atoms with Gasteiger partial charge in [0.15, 0.2) is 0 Å². The molecule has 2 aromatic rings. The molecule has 0 fully saturated rings. The highest BCUT2D eigenvalue weighted by Crippen LogP contribution is 2.31. The molecule has 4 aliphatic rings. The van der Waals surface area contributed by atoms with Crippen LogP contribution < -0.4 is 16.0 Å². The van der Waals surface area contributed by atoms with E-state index in [0.29, 0.717) is 0 Å². The minimum Gasteiger partial charge on any atom is -0.379 e. The summed E-state index contributed by atoms with van der Waals surface area (Å²) in [5.74, 6) is 0. The Kier molecular flexibility index (Phi) is 3.26. The fourth-order valence-electron chi connectivity index (χ4n) is 4.02. The first-order valence-corrected chi connectivity index (χ1v) is 9.54. The van der Waals surface area contributed by atoms with Crippen LogP contribution in [0.3, 0.4) is 0 Å². The molecule has 1 aromatic carbocycles. The number of nitrogens with zero attached hydrogens (tertiary/aromatic N) is 2. The van der Waals surface area contributed by atoms with Gasteiger partial charge in [0.25, 0.3) is 0 Å². The number of fused-ring (bicyclic) bond motifs is 9. The second-order valence-corrected chi connectivity index (χ2v) is 7.34. The number of rotatable bonds is 0. The molecule has 4 nitrogen and oxygen atoms in total. The Balaban J connectivity index is 1.55. The van der Waals surface area contributed by atoms with Crippen LogP contribution in [-0.4, -0.2) is 22.4 Å². The lowest BCUT2D eigenvalue weighted by Crippen LogP contribution is -2.21. The molecule has 1 aromatic heterocycles. The van der Waals surface area contributed by atoms with Crippen LogP contribution >= 0.6 is 0 Å². The normalized spacial score (nSPS) is 21.4. The summed E-state index contributed by atoms with van der Waals surface area (Å²) in [4.78, 5) is 13.1. The van der Waals surface area contributed by atoms with Gasteiger partial charge in [0.05, 0.1) is 28.9 Å². The van der Waals surface area contributed by atoms with Gasteiger partial charge in [-0.3, -0.25) is 0 Å². The molecule has 2 N–H and O–H groups in total. The molecule has 0 amide bonds. The number of aromatic nitrogens is 1. The number of aliphatic imine (C=N–C) groups is 2. The van der Waals surface area contributed by atoms with Gasteiger partial charge in [0.2, 0.25) is 0 Å². The monoisotopic (exact) mass is 362 g/mol. The van der Waals surface area contributed by atoms with Crippen molar-refractivity contribution in [1.29, 1.82) is 0 Å². The number of nitrogens with one attached hydrogen (secondary N) is 2. The molecule has 6 rings (SSSR count). The van der Waals surface area contributed by atoms with Crippen LogP contribution in [0.1, 0.15) is 17.5 Å². The van der Waals surface area contributed by atoms with Gasteiger partial charge in [-0.25, -0.2) is 9.98 Å². The summed E-state index contributed by atoms with van der Waals surface area (Å²) in [5.41, 5.74) is 7.35. The smallest absolute Gasteiger partial charge is 0.0737 e. The van der Waals surface area contributed by atoms with Gasteiger partial charge in [0.1, 0.15) is 0 Å². The van der Waals surface area contributed by atoms with Crippen molar-refractivity contribution in [2.24, 2.45) is 9.98 Å². The SMILES string of the molecule is C1=CC2=NC1=CC1=NC(=CC3CC=C(C=c4ccc([nH]4)=C2)N3)c2ccccc21. The number of hydrogen-bond acceptors (Lipinski definition) is 3. The third-order valence-electron chi connectivity index (χ3n) is 5.34. The Labute approximate surface area is 162 Å². The average molecular weight is 362 g/mol. The van der Waals surface area contributed by atoms with Crippen molar-refractivity contribution in [3.63, 3.8) is 0 Å². The zero-order chi connectivity index (χ0) is 18.5. The topological polar surface area (TPSA) is 52.5 Å². The predicted octanol–water partition coefficient (Wildman–Crippen LogP) is 2.57. The lowest BCUT2D eigenvalue weighted by Gasteiger charge is -2.08. The summed E-state index contributed by atoms with van der Waals surface area (Å²) in [5, 5.41) is 5.72. The van der Waals surface area contributed by atoms with Crippen LogP contribution in [0.2, 0.25) is 0 Å². The van der Waals surface area contributed by atoms with Crippen molar-refractivity contribution in [2.45, 2.75) is 12.5 Å². The zero-order valence-corrected chi connectivity index (χ0v) is 15.2. The third-order valence-corrected chi connectivity index (χ3v) is 5.34. The number of hydrogen-bond donors (Lipinski definition) is 2. The van der Waals surface area contributed by atoms with Crippen molar-refractivity contribution < 1.29 is 0 Å². The van der Waals surface area contributed by atoms with E-state index in [4.69, 9.17) is 9.98 Å². The van der Waals surface area contributed by atoms with Crippen LogP contribution in [0.4, 0.5) is 0 Å². The van der Waals surface area contributed by atoms with Gasteiger partial charge >= 0.3 is 0 Å². The van der Waals surface area contributed by atoms with Crippen LogP contribution in [0.15, 0.2) is 88.2 Å². The van der Waals surface area contributed by atoms with E-state index in [0.717, 1.165) is 51.2 Å². The molecule has 4 heteroatoms. The second kappa shape index (κ2) is 5.92. The highest BCUT2D eigenvalue weighted by molar-refractivity contribution is 6.21. The van der Waals surface area contributed by atoms with E-state index < -0.39 is 0 Å². The maximum Gasteiger partial charge on any atom is 0.0737 e. The van der Waals surface area contributed by atoms with E-state index in [1.54, 1.807) is 0 Å². The summed E-state index contributed by atoms with van der Waals surface area (Å²) < 4.78 is 0. The molecule has 0 radical (unpaired) electrons. The van der Waals surface area contributed by atoms with Gasteiger partial charge in [-0.1, -0.05) is 30.3 Å². The largest absolute Gasteiger partial charge is 0.379 e. The highest BCUT2D eigenvalue weighted by Gasteiger charge is 2.21. The fraction of sp³-hybridized carbons (Fsp3) is 0.0833. The Morgan fingerprint density at radius 2 is 1.71 bits per heavy atom. The van der Waals surface area contributed by atoms with Crippen molar-refractivity contribution in [2.75, 3.05) is 0 Å².